The Hall–Kier alpha value is -1.15. The number of aromatic nitrogens is 3. The Balaban J connectivity index is 0.00000121. The Morgan fingerprint density at radius 3 is 3.00 bits per heavy atom. The molecule has 0 saturated carbocycles. The maximum atomic E-state index is 12.2. The predicted molar refractivity (Wildman–Crippen MR) is 92.2 cm³/mol. The molecule has 122 valence electrons. The smallest absolute Gasteiger partial charge is 0.250 e. The number of carbonyl (C=O) groups excluding carboxylic acids is 1. The number of halogens is 2. The number of nitrogens with two attached hydrogens (primary N) is 1. The first-order valence-corrected chi connectivity index (χ1v) is 7.49. The third-order valence-corrected chi connectivity index (χ3v) is 4.54. The molecule has 1 amide bonds. The number of nitrogens with one attached hydrogen (secondary N) is 1. The fraction of sp³-hybridized carbons (Fsp3) is 0.462. The van der Waals surface area contributed by atoms with Crippen molar-refractivity contribution in [3.05, 3.63) is 29.0 Å². The molecule has 2 heterocycles. The van der Waals surface area contributed by atoms with E-state index in [2.05, 4.69) is 15.4 Å². The van der Waals surface area contributed by atoms with E-state index in [4.69, 9.17) is 5.73 Å². The molecule has 2 aromatic heterocycles. The Bertz CT molecular complexity index is 616. The normalized spacial score (nSPS) is 17.6. The molecule has 2 aromatic rings. The van der Waals surface area contributed by atoms with Crippen LogP contribution in [0.25, 0.3) is 0 Å². The molecule has 9 heteroatoms. The van der Waals surface area contributed by atoms with Crippen molar-refractivity contribution in [3.8, 4) is 0 Å². The van der Waals surface area contributed by atoms with Crippen molar-refractivity contribution in [3.63, 3.8) is 0 Å². The molecule has 0 fully saturated rings. The van der Waals surface area contributed by atoms with E-state index in [1.165, 1.54) is 16.2 Å². The van der Waals surface area contributed by atoms with Gasteiger partial charge in [-0.1, -0.05) is 0 Å². The van der Waals surface area contributed by atoms with Crippen molar-refractivity contribution in [2.75, 3.05) is 5.32 Å². The van der Waals surface area contributed by atoms with Gasteiger partial charge in [0.05, 0.1) is 5.69 Å². The quantitative estimate of drug-likeness (QED) is 0.874. The van der Waals surface area contributed by atoms with Crippen LogP contribution in [0.1, 0.15) is 30.0 Å². The van der Waals surface area contributed by atoms with Crippen molar-refractivity contribution in [2.24, 2.45) is 5.73 Å². The summed E-state index contributed by atoms with van der Waals surface area (Å²) in [4.78, 5) is 17.8. The number of anilines is 1. The molecular formula is C13H19Cl2N5OS. The second kappa shape index (κ2) is 7.92. The van der Waals surface area contributed by atoms with Crippen LogP contribution in [0.15, 0.2) is 18.5 Å². The molecule has 1 aliphatic rings. The van der Waals surface area contributed by atoms with Gasteiger partial charge in [-0.3, -0.25) is 9.48 Å². The number of rotatable bonds is 3. The monoisotopic (exact) mass is 363 g/mol. The third-order valence-electron chi connectivity index (χ3n) is 3.51. The van der Waals surface area contributed by atoms with E-state index in [-0.39, 0.29) is 42.8 Å². The maximum Gasteiger partial charge on any atom is 0.250 e. The van der Waals surface area contributed by atoms with Gasteiger partial charge in [0, 0.05) is 23.3 Å². The standard InChI is InChI=1S/C13H17N5OS.2ClH/c1-8(18-6-2-5-15-18)12(19)17-13-16-10-4-3-9(14)7-11(10)20-13;;/h2,5-6,8-9H,3-4,7,14H2,1H3,(H,16,17,19);2*1H/t8?,9-;;/m0../s1. The number of fused-ring (bicyclic) bond motifs is 1. The molecule has 1 unspecified atom stereocenters. The van der Waals surface area contributed by atoms with Gasteiger partial charge in [-0.25, -0.2) is 4.98 Å². The Morgan fingerprint density at radius 2 is 2.32 bits per heavy atom. The number of nitrogens with zero attached hydrogens (tertiary/aromatic N) is 3. The van der Waals surface area contributed by atoms with E-state index in [9.17, 15) is 4.79 Å². The van der Waals surface area contributed by atoms with Gasteiger partial charge in [-0.15, -0.1) is 36.2 Å². The van der Waals surface area contributed by atoms with E-state index >= 15 is 0 Å². The number of amides is 1. The summed E-state index contributed by atoms with van der Waals surface area (Å²) in [6, 6.07) is 1.66. The summed E-state index contributed by atoms with van der Waals surface area (Å²) in [6.45, 7) is 1.81. The molecule has 0 bridgehead atoms. The zero-order chi connectivity index (χ0) is 14.1. The second-order valence-electron chi connectivity index (χ2n) is 5.04. The van der Waals surface area contributed by atoms with Crippen LogP contribution in [0, 0.1) is 0 Å². The summed E-state index contributed by atoms with van der Waals surface area (Å²) in [6.07, 6.45) is 6.16. The average molecular weight is 364 g/mol. The second-order valence-corrected chi connectivity index (χ2v) is 6.13. The lowest BCUT2D eigenvalue weighted by Gasteiger charge is -2.15. The SMILES string of the molecule is CC(C(=O)Nc1nc2c(s1)C[C@@H](N)CC2)n1cccn1.Cl.Cl. The van der Waals surface area contributed by atoms with Crippen LogP contribution in [-0.2, 0) is 17.6 Å². The minimum atomic E-state index is -0.354. The van der Waals surface area contributed by atoms with Crippen LogP contribution in [0.4, 0.5) is 5.13 Å². The van der Waals surface area contributed by atoms with Gasteiger partial charge >= 0.3 is 0 Å². The zero-order valence-corrected chi connectivity index (χ0v) is 14.5. The summed E-state index contributed by atoms with van der Waals surface area (Å²) in [5.41, 5.74) is 7.03. The molecule has 3 rings (SSSR count). The molecule has 2 atom stereocenters. The van der Waals surface area contributed by atoms with Gasteiger partial charge < -0.3 is 11.1 Å². The number of hydrogen-bond donors (Lipinski definition) is 2. The predicted octanol–water partition coefficient (Wildman–Crippen LogP) is 2.20. The molecule has 0 spiro atoms. The molecule has 6 nitrogen and oxygen atoms in total. The van der Waals surface area contributed by atoms with E-state index in [0.29, 0.717) is 5.13 Å². The number of carbonyl (C=O) groups is 1. The Kier molecular flexibility index (Phi) is 6.80. The summed E-state index contributed by atoms with van der Waals surface area (Å²) >= 11 is 1.53. The first-order chi connectivity index (χ1) is 9.63. The highest BCUT2D eigenvalue weighted by atomic mass is 35.5. The van der Waals surface area contributed by atoms with Crippen molar-refractivity contribution in [1.82, 2.24) is 14.8 Å². The number of thiazole rings is 1. The van der Waals surface area contributed by atoms with Crippen LogP contribution in [-0.4, -0.2) is 26.7 Å². The van der Waals surface area contributed by atoms with Crippen LogP contribution in [0.3, 0.4) is 0 Å². The fourth-order valence-electron chi connectivity index (χ4n) is 2.29. The topological polar surface area (TPSA) is 85.8 Å². The van der Waals surface area contributed by atoms with Crippen molar-refractivity contribution < 1.29 is 4.79 Å². The van der Waals surface area contributed by atoms with Gasteiger partial charge in [0.1, 0.15) is 6.04 Å². The van der Waals surface area contributed by atoms with Crippen LogP contribution in [0.5, 0.6) is 0 Å². The van der Waals surface area contributed by atoms with E-state index in [1.807, 2.05) is 6.92 Å². The first kappa shape index (κ1) is 18.9. The lowest BCUT2D eigenvalue weighted by atomic mass is 9.99. The van der Waals surface area contributed by atoms with E-state index < -0.39 is 0 Å². The first-order valence-electron chi connectivity index (χ1n) is 6.67. The molecule has 0 aliphatic heterocycles. The maximum absolute atomic E-state index is 12.2. The highest BCUT2D eigenvalue weighted by Gasteiger charge is 2.22. The van der Waals surface area contributed by atoms with Crippen molar-refractivity contribution >= 4 is 47.2 Å². The van der Waals surface area contributed by atoms with Gasteiger partial charge in [0.2, 0.25) is 0 Å². The fourth-order valence-corrected chi connectivity index (χ4v) is 3.40. The van der Waals surface area contributed by atoms with Crippen LogP contribution >= 0.6 is 36.2 Å². The lowest BCUT2D eigenvalue weighted by Crippen LogP contribution is -2.27. The summed E-state index contributed by atoms with van der Waals surface area (Å²) in [5.74, 6) is -0.107. The van der Waals surface area contributed by atoms with Gasteiger partial charge in [0.15, 0.2) is 5.13 Å². The molecular weight excluding hydrogens is 345 g/mol. The molecule has 22 heavy (non-hydrogen) atoms. The molecule has 1 aliphatic carbocycles. The highest BCUT2D eigenvalue weighted by Crippen LogP contribution is 2.29. The zero-order valence-electron chi connectivity index (χ0n) is 12.1. The van der Waals surface area contributed by atoms with Crippen molar-refractivity contribution in [2.45, 2.75) is 38.3 Å². The Morgan fingerprint density at radius 1 is 1.55 bits per heavy atom. The Labute approximate surface area is 145 Å². The molecule has 0 aromatic carbocycles. The van der Waals surface area contributed by atoms with Crippen LogP contribution in [0.2, 0.25) is 0 Å². The van der Waals surface area contributed by atoms with E-state index in [1.54, 1.807) is 23.1 Å². The summed E-state index contributed by atoms with van der Waals surface area (Å²) in [5, 5.41) is 7.61. The van der Waals surface area contributed by atoms with Gasteiger partial charge in [0.25, 0.3) is 5.91 Å². The third kappa shape index (κ3) is 3.98. The van der Waals surface area contributed by atoms with Gasteiger partial charge in [-0.05, 0) is 32.3 Å². The average Bonchev–Trinajstić information content (AvgIpc) is 3.05. The van der Waals surface area contributed by atoms with Gasteiger partial charge in [-0.2, -0.15) is 5.10 Å². The molecule has 0 radical (unpaired) electrons. The number of aryl methyl sites for hydroxylation is 1. The largest absolute Gasteiger partial charge is 0.327 e. The summed E-state index contributed by atoms with van der Waals surface area (Å²) < 4.78 is 1.62. The lowest BCUT2D eigenvalue weighted by molar-refractivity contribution is -0.119. The van der Waals surface area contributed by atoms with Crippen molar-refractivity contribution in [1.29, 1.82) is 0 Å². The minimum absolute atomic E-state index is 0. The minimum Gasteiger partial charge on any atom is -0.327 e. The summed E-state index contributed by atoms with van der Waals surface area (Å²) in [7, 11) is 0. The molecule has 3 N–H and O–H groups in total. The number of hydrogen-bond acceptors (Lipinski definition) is 5. The van der Waals surface area contributed by atoms with Crippen LogP contribution < -0.4 is 11.1 Å². The van der Waals surface area contributed by atoms with E-state index in [0.717, 1.165) is 25.0 Å². The molecule has 0 saturated heterocycles. The highest BCUT2D eigenvalue weighted by molar-refractivity contribution is 7.15.